The van der Waals surface area contributed by atoms with Crippen LogP contribution >= 0.6 is 0 Å². The lowest BCUT2D eigenvalue weighted by molar-refractivity contribution is 0.113. The predicted molar refractivity (Wildman–Crippen MR) is 74.0 cm³/mol. The standard InChI is InChI=1S/C15H30N2/c1-12-5-6-13(9-12)17-15(11-16)8-4-7-14(2,3)10-15/h12-13,17H,4-11,16H2,1-3H3. The summed E-state index contributed by atoms with van der Waals surface area (Å²) in [6.45, 7) is 7.98. The third-order valence-corrected chi connectivity index (χ3v) is 4.92. The normalized spacial score (nSPS) is 41.6. The molecule has 0 aliphatic heterocycles. The zero-order valence-electron chi connectivity index (χ0n) is 11.9. The van der Waals surface area contributed by atoms with E-state index in [1.54, 1.807) is 0 Å². The third kappa shape index (κ3) is 3.23. The molecule has 2 rings (SSSR count). The molecule has 17 heavy (non-hydrogen) atoms. The van der Waals surface area contributed by atoms with E-state index < -0.39 is 0 Å². The number of hydrogen-bond donors (Lipinski definition) is 2. The van der Waals surface area contributed by atoms with Crippen molar-refractivity contribution in [2.75, 3.05) is 6.54 Å². The van der Waals surface area contributed by atoms with Gasteiger partial charge in [0.2, 0.25) is 0 Å². The van der Waals surface area contributed by atoms with Gasteiger partial charge < -0.3 is 11.1 Å². The molecule has 2 saturated carbocycles. The molecular weight excluding hydrogens is 208 g/mol. The van der Waals surface area contributed by atoms with E-state index in [2.05, 4.69) is 26.1 Å². The first kappa shape index (κ1) is 13.4. The Kier molecular flexibility index (Phi) is 3.84. The molecule has 3 N–H and O–H groups in total. The minimum absolute atomic E-state index is 0.233. The van der Waals surface area contributed by atoms with Gasteiger partial charge in [0, 0.05) is 18.1 Å². The molecule has 2 fully saturated rings. The summed E-state index contributed by atoms with van der Waals surface area (Å²) in [5, 5.41) is 3.94. The monoisotopic (exact) mass is 238 g/mol. The molecule has 0 aromatic rings. The Morgan fingerprint density at radius 1 is 1.24 bits per heavy atom. The van der Waals surface area contributed by atoms with Crippen LogP contribution in [0.4, 0.5) is 0 Å². The minimum Gasteiger partial charge on any atom is -0.329 e. The van der Waals surface area contributed by atoms with Crippen molar-refractivity contribution in [1.82, 2.24) is 5.32 Å². The topological polar surface area (TPSA) is 38.0 Å². The highest BCUT2D eigenvalue weighted by atomic mass is 15.0. The summed E-state index contributed by atoms with van der Waals surface area (Å²) >= 11 is 0. The van der Waals surface area contributed by atoms with Crippen molar-refractivity contribution in [1.29, 1.82) is 0 Å². The van der Waals surface area contributed by atoms with Crippen LogP contribution in [0.25, 0.3) is 0 Å². The van der Waals surface area contributed by atoms with Crippen molar-refractivity contribution < 1.29 is 0 Å². The number of nitrogens with one attached hydrogen (secondary N) is 1. The largest absolute Gasteiger partial charge is 0.329 e. The number of hydrogen-bond acceptors (Lipinski definition) is 2. The van der Waals surface area contributed by atoms with Crippen LogP contribution in [0, 0.1) is 11.3 Å². The van der Waals surface area contributed by atoms with Gasteiger partial charge in [0.25, 0.3) is 0 Å². The van der Waals surface area contributed by atoms with Crippen molar-refractivity contribution in [2.24, 2.45) is 17.1 Å². The molecule has 0 amide bonds. The second-order valence-corrected chi connectivity index (χ2v) is 7.44. The molecule has 0 spiro atoms. The van der Waals surface area contributed by atoms with Crippen LogP contribution < -0.4 is 11.1 Å². The van der Waals surface area contributed by atoms with Crippen LogP contribution in [0.2, 0.25) is 0 Å². The Morgan fingerprint density at radius 3 is 2.53 bits per heavy atom. The summed E-state index contributed by atoms with van der Waals surface area (Å²) in [6.07, 6.45) is 9.31. The molecule has 100 valence electrons. The molecule has 2 heteroatoms. The van der Waals surface area contributed by atoms with Crippen LogP contribution in [0.3, 0.4) is 0 Å². The maximum absolute atomic E-state index is 6.11. The van der Waals surface area contributed by atoms with Crippen LogP contribution in [0.15, 0.2) is 0 Å². The zero-order chi connectivity index (χ0) is 12.5. The highest BCUT2D eigenvalue weighted by Gasteiger charge is 2.40. The fourth-order valence-corrected chi connectivity index (χ4v) is 4.13. The van der Waals surface area contributed by atoms with Gasteiger partial charge >= 0.3 is 0 Å². The Bertz CT molecular complexity index is 262. The Balaban J connectivity index is 1.99. The lowest BCUT2D eigenvalue weighted by atomic mass is 9.68. The van der Waals surface area contributed by atoms with E-state index in [-0.39, 0.29) is 5.54 Å². The van der Waals surface area contributed by atoms with E-state index in [0.29, 0.717) is 5.41 Å². The van der Waals surface area contributed by atoms with Crippen molar-refractivity contribution in [2.45, 2.75) is 77.3 Å². The molecule has 0 aromatic heterocycles. The SMILES string of the molecule is CC1CCC(NC2(CN)CCCC(C)(C)C2)C1. The highest BCUT2D eigenvalue weighted by Crippen LogP contribution is 2.41. The molecular formula is C15H30N2. The molecule has 2 nitrogen and oxygen atoms in total. The van der Waals surface area contributed by atoms with Gasteiger partial charge in [0.1, 0.15) is 0 Å². The molecule has 0 saturated heterocycles. The minimum atomic E-state index is 0.233. The summed E-state index contributed by atoms with van der Waals surface area (Å²) < 4.78 is 0. The third-order valence-electron chi connectivity index (χ3n) is 4.92. The maximum atomic E-state index is 6.11. The molecule has 0 radical (unpaired) electrons. The van der Waals surface area contributed by atoms with Crippen molar-refractivity contribution in [3.63, 3.8) is 0 Å². The smallest absolute Gasteiger partial charge is 0.0311 e. The highest BCUT2D eigenvalue weighted by molar-refractivity contribution is 5.00. The maximum Gasteiger partial charge on any atom is 0.0311 e. The lowest BCUT2D eigenvalue weighted by Gasteiger charge is -2.46. The lowest BCUT2D eigenvalue weighted by Crippen LogP contribution is -2.58. The molecule has 0 heterocycles. The molecule has 3 unspecified atom stereocenters. The Labute approximate surface area is 107 Å². The van der Waals surface area contributed by atoms with Crippen LogP contribution in [-0.2, 0) is 0 Å². The van der Waals surface area contributed by atoms with Gasteiger partial charge in [-0.2, -0.15) is 0 Å². The van der Waals surface area contributed by atoms with E-state index >= 15 is 0 Å². The number of nitrogens with two attached hydrogens (primary N) is 1. The fourth-order valence-electron chi connectivity index (χ4n) is 4.13. The molecule has 0 aromatic carbocycles. The van der Waals surface area contributed by atoms with Gasteiger partial charge in [-0.3, -0.25) is 0 Å². The first-order chi connectivity index (χ1) is 7.95. The van der Waals surface area contributed by atoms with Crippen LogP contribution in [0.1, 0.15) is 65.7 Å². The zero-order valence-corrected chi connectivity index (χ0v) is 11.9. The first-order valence-corrected chi connectivity index (χ1v) is 7.43. The molecule has 3 atom stereocenters. The predicted octanol–water partition coefficient (Wildman–Crippen LogP) is 3.06. The average Bonchev–Trinajstić information content (AvgIpc) is 2.62. The van der Waals surface area contributed by atoms with E-state index in [1.165, 1.54) is 44.9 Å². The summed E-state index contributed by atoms with van der Waals surface area (Å²) in [6, 6.07) is 0.724. The van der Waals surface area contributed by atoms with Crippen LogP contribution in [-0.4, -0.2) is 18.1 Å². The van der Waals surface area contributed by atoms with Crippen LogP contribution in [0.5, 0.6) is 0 Å². The second kappa shape index (κ2) is 4.89. The summed E-state index contributed by atoms with van der Waals surface area (Å²) in [7, 11) is 0. The number of rotatable bonds is 3. The molecule has 2 aliphatic rings. The summed E-state index contributed by atoms with van der Waals surface area (Å²) in [4.78, 5) is 0. The van der Waals surface area contributed by atoms with Gasteiger partial charge in [0.05, 0.1) is 0 Å². The molecule has 0 bridgehead atoms. The average molecular weight is 238 g/mol. The fraction of sp³-hybridized carbons (Fsp3) is 1.00. The summed E-state index contributed by atoms with van der Waals surface area (Å²) in [5.41, 5.74) is 6.81. The van der Waals surface area contributed by atoms with Gasteiger partial charge in [-0.25, -0.2) is 0 Å². The first-order valence-electron chi connectivity index (χ1n) is 7.43. The summed E-state index contributed by atoms with van der Waals surface area (Å²) in [5.74, 6) is 0.902. The van der Waals surface area contributed by atoms with Gasteiger partial charge in [-0.1, -0.05) is 27.2 Å². The van der Waals surface area contributed by atoms with Gasteiger partial charge in [-0.15, -0.1) is 0 Å². The van der Waals surface area contributed by atoms with Crippen molar-refractivity contribution in [3.05, 3.63) is 0 Å². The van der Waals surface area contributed by atoms with Crippen molar-refractivity contribution in [3.8, 4) is 0 Å². The van der Waals surface area contributed by atoms with E-state index in [9.17, 15) is 0 Å². The Hall–Kier alpha value is -0.0800. The van der Waals surface area contributed by atoms with E-state index in [0.717, 1.165) is 18.5 Å². The molecule has 2 aliphatic carbocycles. The Morgan fingerprint density at radius 2 is 2.00 bits per heavy atom. The van der Waals surface area contributed by atoms with Gasteiger partial charge in [0.15, 0.2) is 0 Å². The van der Waals surface area contributed by atoms with Crippen molar-refractivity contribution >= 4 is 0 Å². The quantitative estimate of drug-likeness (QED) is 0.793. The van der Waals surface area contributed by atoms with E-state index in [1.807, 2.05) is 0 Å². The van der Waals surface area contributed by atoms with E-state index in [4.69, 9.17) is 5.73 Å². The second-order valence-electron chi connectivity index (χ2n) is 7.44. The van der Waals surface area contributed by atoms with Gasteiger partial charge in [-0.05, 0) is 49.9 Å².